The monoisotopic (exact) mass is 419 g/mol. The van der Waals surface area contributed by atoms with Crippen molar-refractivity contribution in [2.24, 2.45) is 0 Å². The first-order chi connectivity index (χ1) is 14.9. The second kappa shape index (κ2) is 8.53. The highest BCUT2D eigenvalue weighted by atomic mass is 16.2. The summed E-state index contributed by atoms with van der Waals surface area (Å²) in [4.78, 5) is 40.4. The van der Waals surface area contributed by atoms with Crippen LogP contribution in [0.15, 0.2) is 48.5 Å². The molecule has 2 aromatic rings. The van der Waals surface area contributed by atoms with Gasteiger partial charge in [-0.3, -0.25) is 14.5 Å². The highest BCUT2D eigenvalue weighted by Gasteiger charge is 2.54. The molecule has 1 atom stereocenters. The standard InChI is InChI=1S/C25H29N3O3/c1-17-13-14-20(15-18(17)2)25(19-9-5-3-6-10-19)23(30)28(24(31)27-25)16-22(29)26-21-11-7-4-8-12-21/h3,5-6,9-10,13-15,21H,4,7-8,11-12,16H2,1-2H3,(H,26,29)(H,27,31)/t25-/m0/s1. The maximum absolute atomic E-state index is 13.7. The zero-order chi connectivity index (χ0) is 22.0. The van der Waals surface area contributed by atoms with Crippen molar-refractivity contribution in [2.45, 2.75) is 57.5 Å². The molecule has 1 heterocycles. The molecular weight excluding hydrogens is 390 g/mol. The van der Waals surface area contributed by atoms with Crippen molar-refractivity contribution < 1.29 is 14.4 Å². The Morgan fingerprint density at radius 1 is 1.00 bits per heavy atom. The molecule has 1 aliphatic heterocycles. The minimum atomic E-state index is -1.35. The molecule has 4 amide bonds. The molecular formula is C25H29N3O3. The topological polar surface area (TPSA) is 78.5 Å². The van der Waals surface area contributed by atoms with Crippen LogP contribution < -0.4 is 10.6 Å². The molecule has 4 rings (SSSR count). The maximum Gasteiger partial charge on any atom is 0.326 e. The Kier molecular flexibility index (Phi) is 5.81. The number of nitrogens with one attached hydrogen (secondary N) is 2. The van der Waals surface area contributed by atoms with Crippen LogP contribution in [0.2, 0.25) is 0 Å². The molecule has 0 bridgehead atoms. The van der Waals surface area contributed by atoms with Crippen LogP contribution in [0.4, 0.5) is 4.79 Å². The summed E-state index contributed by atoms with van der Waals surface area (Å²) in [5.74, 6) is -0.718. The van der Waals surface area contributed by atoms with Crippen LogP contribution in [0.25, 0.3) is 0 Å². The van der Waals surface area contributed by atoms with E-state index in [0.717, 1.165) is 41.7 Å². The largest absolute Gasteiger partial charge is 0.352 e. The number of nitrogens with zero attached hydrogens (tertiary/aromatic N) is 1. The Bertz CT molecular complexity index is 998. The number of benzene rings is 2. The van der Waals surface area contributed by atoms with Gasteiger partial charge in [-0.2, -0.15) is 0 Å². The molecule has 2 N–H and O–H groups in total. The fourth-order valence-corrected chi connectivity index (χ4v) is 4.60. The molecule has 2 aliphatic rings. The van der Waals surface area contributed by atoms with Gasteiger partial charge in [-0.05, 0) is 48.9 Å². The summed E-state index contributed by atoms with van der Waals surface area (Å²) in [6.07, 6.45) is 5.27. The summed E-state index contributed by atoms with van der Waals surface area (Å²) < 4.78 is 0. The van der Waals surface area contributed by atoms with Gasteiger partial charge in [0.1, 0.15) is 6.54 Å². The minimum absolute atomic E-state index is 0.126. The Hall–Kier alpha value is -3.15. The van der Waals surface area contributed by atoms with Crippen molar-refractivity contribution in [2.75, 3.05) is 6.54 Å². The minimum Gasteiger partial charge on any atom is -0.352 e. The molecule has 6 nitrogen and oxygen atoms in total. The summed E-state index contributed by atoms with van der Waals surface area (Å²) >= 11 is 0. The first kappa shape index (κ1) is 21.1. The quantitative estimate of drug-likeness (QED) is 0.728. The van der Waals surface area contributed by atoms with E-state index in [9.17, 15) is 14.4 Å². The van der Waals surface area contributed by atoms with Crippen LogP contribution in [0, 0.1) is 13.8 Å². The molecule has 0 unspecified atom stereocenters. The van der Waals surface area contributed by atoms with Crippen molar-refractivity contribution in [1.29, 1.82) is 0 Å². The molecule has 162 valence electrons. The number of amides is 4. The third-order valence-electron chi connectivity index (χ3n) is 6.52. The lowest BCUT2D eigenvalue weighted by Crippen LogP contribution is -2.47. The summed E-state index contributed by atoms with van der Waals surface area (Å²) in [5.41, 5.74) is 2.15. The molecule has 6 heteroatoms. The molecule has 0 aromatic heterocycles. The molecule has 0 radical (unpaired) electrons. The maximum atomic E-state index is 13.7. The lowest BCUT2D eigenvalue weighted by atomic mass is 9.81. The van der Waals surface area contributed by atoms with Gasteiger partial charge in [-0.15, -0.1) is 0 Å². The second-order valence-corrected chi connectivity index (χ2v) is 8.64. The van der Waals surface area contributed by atoms with Crippen LogP contribution in [0.5, 0.6) is 0 Å². The van der Waals surface area contributed by atoms with Crippen LogP contribution in [-0.4, -0.2) is 35.3 Å². The van der Waals surface area contributed by atoms with Crippen molar-refractivity contribution in [3.63, 3.8) is 0 Å². The number of hydrogen-bond acceptors (Lipinski definition) is 3. The van der Waals surface area contributed by atoms with Gasteiger partial charge in [-0.1, -0.05) is 67.8 Å². The van der Waals surface area contributed by atoms with E-state index in [-0.39, 0.29) is 18.5 Å². The average molecular weight is 420 g/mol. The number of hydrogen-bond donors (Lipinski definition) is 2. The number of urea groups is 1. The predicted molar refractivity (Wildman–Crippen MR) is 118 cm³/mol. The van der Waals surface area contributed by atoms with Gasteiger partial charge in [0.25, 0.3) is 5.91 Å². The Morgan fingerprint density at radius 2 is 1.71 bits per heavy atom. The third kappa shape index (κ3) is 3.94. The van der Waals surface area contributed by atoms with E-state index >= 15 is 0 Å². The molecule has 1 saturated heterocycles. The van der Waals surface area contributed by atoms with E-state index in [1.54, 1.807) is 0 Å². The normalized spacial score (nSPS) is 21.8. The summed E-state index contributed by atoms with van der Waals surface area (Å²) in [5, 5.41) is 5.91. The highest BCUT2D eigenvalue weighted by Crippen LogP contribution is 2.36. The van der Waals surface area contributed by atoms with Crippen LogP contribution in [0.3, 0.4) is 0 Å². The average Bonchev–Trinajstić information content (AvgIpc) is 3.02. The van der Waals surface area contributed by atoms with E-state index in [1.807, 2.05) is 62.4 Å². The van der Waals surface area contributed by atoms with E-state index in [2.05, 4.69) is 10.6 Å². The summed E-state index contributed by atoms with van der Waals surface area (Å²) in [7, 11) is 0. The Morgan fingerprint density at radius 3 is 2.39 bits per heavy atom. The van der Waals surface area contributed by atoms with Gasteiger partial charge in [0.2, 0.25) is 5.91 Å². The second-order valence-electron chi connectivity index (χ2n) is 8.64. The number of carbonyl (C=O) groups is 3. The highest BCUT2D eigenvalue weighted by molar-refractivity contribution is 6.11. The van der Waals surface area contributed by atoms with Gasteiger partial charge in [0, 0.05) is 6.04 Å². The van der Waals surface area contributed by atoms with Crippen molar-refractivity contribution >= 4 is 17.8 Å². The van der Waals surface area contributed by atoms with Gasteiger partial charge < -0.3 is 10.6 Å². The SMILES string of the molecule is Cc1ccc([C@]2(c3ccccc3)NC(=O)N(CC(=O)NC3CCCCC3)C2=O)cc1C. The fourth-order valence-electron chi connectivity index (χ4n) is 4.60. The van der Waals surface area contributed by atoms with Gasteiger partial charge in [-0.25, -0.2) is 4.79 Å². The van der Waals surface area contributed by atoms with Crippen LogP contribution in [-0.2, 0) is 15.1 Å². The Balaban J connectivity index is 1.65. The van der Waals surface area contributed by atoms with Gasteiger partial charge >= 0.3 is 6.03 Å². The summed E-state index contributed by atoms with van der Waals surface area (Å²) in [6.45, 7) is 3.71. The number of rotatable bonds is 5. The van der Waals surface area contributed by atoms with Crippen molar-refractivity contribution in [3.05, 3.63) is 70.8 Å². The van der Waals surface area contributed by atoms with Crippen LogP contribution in [0.1, 0.15) is 54.4 Å². The van der Waals surface area contributed by atoms with E-state index in [4.69, 9.17) is 0 Å². The Labute approximate surface area is 183 Å². The fraction of sp³-hybridized carbons (Fsp3) is 0.400. The molecule has 1 aliphatic carbocycles. The number of imide groups is 1. The molecule has 31 heavy (non-hydrogen) atoms. The van der Waals surface area contributed by atoms with Crippen molar-refractivity contribution in [1.82, 2.24) is 15.5 Å². The zero-order valence-electron chi connectivity index (χ0n) is 18.1. The van der Waals surface area contributed by atoms with Gasteiger partial charge in [0.15, 0.2) is 5.54 Å². The van der Waals surface area contributed by atoms with Gasteiger partial charge in [0.05, 0.1) is 0 Å². The molecule has 1 saturated carbocycles. The third-order valence-corrected chi connectivity index (χ3v) is 6.52. The lowest BCUT2D eigenvalue weighted by Gasteiger charge is -2.29. The van der Waals surface area contributed by atoms with E-state index in [0.29, 0.717) is 11.1 Å². The smallest absolute Gasteiger partial charge is 0.326 e. The first-order valence-electron chi connectivity index (χ1n) is 11.0. The molecule has 0 spiro atoms. The first-order valence-corrected chi connectivity index (χ1v) is 11.0. The number of aryl methyl sites for hydroxylation is 2. The van der Waals surface area contributed by atoms with Crippen LogP contribution >= 0.6 is 0 Å². The molecule has 2 fully saturated rings. The number of carbonyl (C=O) groups excluding carboxylic acids is 3. The predicted octanol–water partition coefficient (Wildman–Crippen LogP) is 3.55. The van der Waals surface area contributed by atoms with E-state index in [1.165, 1.54) is 6.42 Å². The van der Waals surface area contributed by atoms with Crippen molar-refractivity contribution in [3.8, 4) is 0 Å². The lowest BCUT2D eigenvalue weighted by molar-refractivity contribution is -0.134. The van der Waals surface area contributed by atoms with E-state index < -0.39 is 17.5 Å². The zero-order valence-corrected chi connectivity index (χ0v) is 18.1. The summed E-state index contributed by atoms with van der Waals surface area (Å²) in [6, 6.07) is 14.6. The molecule has 2 aromatic carbocycles.